The molecule has 2 aliphatic heterocycles. The predicted molar refractivity (Wildman–Crippen MR) is 91.2 cm³/mol. The highest BCUT2D eigenvalue weighted by atomic mass is 16.6. The SMILES string of the molecule is CC(C)(C)OC(=O)NC1CC2CC[C@H](C1)N2Cc1ccccc1. The van der Waals surface area contributed by atoms with Crippen molar-refractivity contribution in [3.05, 3.63) is 35.9 Å². The maximum absolute atomic E-state index is 12.0. The average Bonchev–Trinajstić information content (AvgIpc) is 2.68. The highest BCUT2D eigenvalue weighted by Gasteiger charge is 2.41. The number of benzene rings is 1. The topological polar surface area (TPSA) is 41.6 Å². The van der Waals surface area contributed by atoms with Gasteiger partial charge in [-0.15, -0.1) is 0 Å². The third kappa shape index (κ3) is 4.25. The molecule has 1 N–H and O–H groups in total. The molecule has 126 valence electrons. The lowest BCUT2D eigenvalue weighted by Crippen LogP contribution is -2.50. The van der Waals surface area contributed by atoms with Gasteiger partial charge < -0.3 is 10.1 Å². The van der Waals surface area contributed by atoms with E-state index in [4.69, 9.17) is 4.74 Å². The van der Waals surface area contributed by atoms with Crippen molar-refractivity contribution in [3.8, 4) is 0 Å². The monoisotopic (exact) mass is 316 g/mol. The van der Waals surface area contributed by atoms with Crippen LogP contribution >= 0.6 is 0 Å². The molecule has 1 aromatic carbocycles. The summed E-state index contributed by atoms with van der Waals surface area (Å²) in [6.07, 6.45) is 4.26. The molecule has 1 aromatic rings. The minimum Gasteiger partial charge on any atom is -0.444 e. The number of rotatable bonds is 3. The first-order valence-corrected chi connectivity index (χ1v) is 8.70. The fourth-order valence-corrected chi connectivity index (χ4v) is 3.92. The van der Waals surface area contributed by atoms with E-state index in [0.717, 1.165) is 19.4 Å². The van der Waals surface area contributed by atoms with Gasteiger partial charge in [0, 0.05) is 24.7 Å². The van der Waals surface area contributed by atoms with Crippen LogP contribution in [0.25, 0.3) is 0 Å². The summed E-state index contributed by atoms with van der Waals surface area (Å²) in [4.78, 5) is 14.6. The van der Waals surface area contributed by atoms with E-state index in [0.29, 0.717) is 12.1 Å². The predicted octanol–water partition coefficient (Wildman–Crippen LogP) is 3.71. The van der Waals surface area contributed by atoms with Gasteiger partial charge in [0.05, 0.1) is 0 Å². The smallest absolute Gasteiger partial charge is 0.407 e. The number of amides is 1. The number of hydrogen-bond acceptors (Lipinski definition) is 3. The summed E-state index contributed by atoms with van der Waals surface area (Å²) in [6.45, 7) is 6.73. The van der Waals surface area contributed by atoms with E-state index in [-0.39, 0.29) is 12.1 Å². The molecule has 0 aliphatic carbocycles. The molecule has 0 spiro atoms. The zero-order valence-corrected chi connectivity index (χ0v) is 14.4. The van der Waals surface area contributed by atoms with Crippen molar-refractivity contribution in [3.63, 3.8) is 0 Å². The van der Waals surface area contributed by atoms with E-state index in [9.17, 15) is 4.79 Å². The molecule has 4 nitrogen and oxygen atoms in total. The first-order chi connectivity index (χ1) is 10.9. The van der Waals surface area contributed by atoms with E-state index in [1.807, 2.05) is 20.8 Å². The Morgan fingerprint density at radius 1 is 1.17 bits per heavy atom. The molecule has 0 aromatic heterocycles. The Balaban J connectivity index is 1.56. The maximum atomic E-state index is 12.0. The lowest BCUT2D eigenvalue weighted by Gasteiger charge is -2.39. The summed E-state index contributed by atoms with van der Waals surface area (Å²) in [5.74, 6) is 0. The van der Waals surface area contributed by atoms with E-state index < -0.39 is 5.60 Å². The molecule has 0 saturated carbocycles. The van der Waals surface area contributed by atoms with Gasteiger partial charge in [0.1, 0.15) is 5.60 Å². The van der Waals surface area contributed by atoms with Gasteiger partial charge in [0.15, 0.2) is 0 Å². The number of nitrogens with zero attached hydrogens (tertiary/aromatic N) is 1. The largest absolute Gasteiger partial charge is 0.444 e. The molecule has 2 aliphatic rings. The summed E-state index contributed by atoms with van der Waals surface area (Å²) in [7, 11) is 0. The van der Waals surface area contributed by atoms with Crippen molar-refractivity contribution >= 4 is 6.09 Å². The fraction of sp³-hybridized carbons (Fsp3) is 0.632. The van der Waals surface area contributed by atoms with Gasteiger partial charge in [-0.05, 0) is 52.0 Å². The second-order valence-electron chi connectivity index (χ2n) is 7.86. The normalized spacial score (nSPS) is 27.7. The molecule has 1 amide bonds. The Morgan fingerprint density at radius 3 is 2.35 bits per heavy atom. The fourth-order valence-electron chi connectivity index (χ4n) is 3.92. The Hall–Kier alpha value is -1.55. The molecule has 23 heavy (non-hydrogen) atoms. The van der Waals surface area contributed by atoms with Crippen molar-refractivity contribution in [2.75, 3.05) is 0 Å². The van der Waals surface area contributed by atoms with Crippen LogP contribution in [-0.2, 0) is 11.3 Å². The summed E-state index contributed by atoms with van der Waals surface area (Å²) >= 11 is 0. The van der Waals surface area contributed by atoms with E-state index >= 15 is 0 Å². The van der Waals surface area contributed by atoms with Crippen molar-refractivity contribution in [1.29, 1.82) is 0 Å². The van der Waals surface area contributed by atoms with Crippen LogP contribution in [0.4, 0.5) is 4.79 Å². The van der Waals surface area contributed by atoms with Crippen LogP contribution in [0.3, 0.4) is 0 Å². The number of ether oxygens (including phenoxy) is 1. The minimum atomic E-state index is -0.433. The average molecular weight is 316 g/mol. The highest BCUT2D eigenvalue weighted by Crippen LogP contribution is 2.36. The van der Waals surface area contributed by atoms with Crippen LogP contribution in [-0.4, -0.2) is 34.7 Å². The second-order valence-corrected chi connectivity index (χ2v) is 7.86. The first kappa shape index (κ1) is 16.3. The molecule has 4 heteroatoms. The van der Waals surface area contributed by atoms with Gasteiger partial charge in [-0.3, -0.25) is 4.90 Å². The minimum absolute atomic E-state index is 0.245. The second kappa shape index (κ2) is 6.52. The number of alkyl carbamates (subject to hydrolysis) is 1. The van der Waals surface area contributed by atoms with Crippen molar-refractivity contribution in [1.82, 2.24) is 10.2 Å². The van der Waals surface area contributed by atoms with Crippen LogP contribution in [0.2, 0.25) is 0 Å². The number of hydrogen-bond donors (Lipinski definition) is 1. The Morgan fingerprint density at radius 2 is 1.78 bits per heavy atom. The van der Waals surface area contributed by atoms with Gasteiger partial charge in [-0.25, -0.2) is 4.79 Å². The molecular weight excluding hydrogens is 288 g/mol. The summed E-state index contributed by atoms with van der Waals surface area (Å²) in [6, 6.07) is 12.1. The Bertz CT molecular complexity index is 524. The lowest BCUT2D eigenvalue weighted by atomic mass is 9.96. The molecular formula is C19H28N2O2. The van der Waals surface area contributed by atoms with E-state index in [1.165, 1.54) is 18.4 Å². The summed E-state index contributed by atoms with van der Waals surface area (Å²) in [5.41, 5.74) is 0.944. The quantitative estimate of drug-likeness (QED) is 0.924. The van der Waals surface area contributed by atoms with E-state index in [2.05, 4.69) is 40.5 Å². The third-order valence-electron chi connectivity index (χ3n) is 4.81. The van der Waals surface area contributed by atoms with Crippen molar-refractivity contribution in [2.45, 2.75) is 76.7 Å². The van der Waals surface area contributed by atoms with Crippen molar-refractivity contribution < 1.29 is 9.53 Å². The van der Waals surface area contributed by atoms with Gasteiger partial charge in [0.2, 0.25) is 0 Å². The number of nitrogens with one attached hydrogen (secondary N) is 1. The Kier molecular flexibility index (Phi) is 4.62. The standard InChI is InChI=1S/C19H28N2O2/c1-19(2,3)23-18(22)20-15-11-16-9-10-17(12-15)21(16)13-14-7-5-4-6-8-14/h4-8,15-17H,9-13H2,1-3H3,(H,20,22)/t15?,16-,17?/m1/s1. The van der Waals surface area contributed by atoms with Gasteiger partial charge in [0.25, 0.3) is 0 Å². The Labute approximate surface area is 139 Å². The zero-order chi connectivity index (χ0) is 16.4. The molecule has 0 radical (unpaired) electrons. The van der Waals surface area contributed by atoms with Gasteiger partial charge in [-0.2, -0.15) is 0 Å². The number of piperidine rings is 1. The lowest BCUT2D eigenvalue weighted by molar-refractivity contribution is 0.0436. The summed E-state index contributed by atoms with van der Waals surface area (Å²) < 4.78 is 5.39. The van der Waals surface area contributed by atoms with Gasteiger partial charge in [-0.1, -0.05) is 30.3 Å². The maximum Gasteiger partial charge on any atom is 0.407 e. The van der Waals surface area contributed by atoms with Crippen molar-refractivity contribution in [2.24, 2.45) is 0 Å². The van der Waals surface area contributed by atoms with Crippen LogP contribution in [0.1, 0.15) is 52.0 Å². The highest BCUT2D eigenvalue weighted by molar-refractivity contribution is 5.68. The molecule has 3 atom stereocenters. The number of fused-ring (bicyclic) bond motifs is 2. The van der Waals surface area contributed by atoms with Gasteiger partial charge >= 0.3 is 6.09 Å². The van der Waals surface area contributed by atoms with Crippen LogP contribution < -0.4 is 5.32 Å². The summed E-state index contributed by atoms with van der Waals surface area (Å²) in [5, 5.41) is 3.07. The molecule has 2 fully saturated rings. The molecule has 3 rings (SSSR count). The zero-order valence-electron chi connectivity index (χ0n) is 14.4. The third-order valence-corrected chi connectivity index (χ3v) is 4.81. The van der Waals surface area contributed by atoms with Crippen LogP contribution in [0, 0.1) is 0 Å². The van der Waals surface area contributed by atoms with Crippen LogP contribution in [0.5, 0.6) is 0 Å². The molecule has 2 bridgehead atoms. The number of carbonyl (C=O) groups excluding carboxylic acids is 1. The first-order valence-electron chi connectivity index (χ1n) is 8.70. The van der Waals surface area contributed by atoms with E-state index in [1.54, 1.807) is 0 Å². The molecule has 2 heterocycles. The molecule has 2 unspecified atom stereocenters. The molecule has 2 saturated heterocycles. The number of carbonyl (C=O) groups is 1. The van der Waals surface area contributed by atoms with Crippen LogP contribution in [0.15, 0.2) is 30.3 Å².